The molecule has 5 aromatic rings. The molecule has 9 heteroatoms. The first-order valence-electron chi connectivity index (χ1n) is 11.2. The normalized spacial score (nSPS) is 12.3. The van der Waals surface area contributed by atoms with E-state index < -0.39 is 0 Å². The number of hydrogen-bond acceptors (Lipinski definition) is 6. The first-order valence-corrected chi connectivity index (χ1v) is 11.2. The maximum atomic E-state index is 13.6. The lowest BCUT2D eigenvalue weighted by Gasteiger charge is -2.27. The lowest BCUT2D eigenvalue weighted by Crippen LogP contribution is -2.35. The van der Waals surface area contributed by atoms with E-state index in [1.54, 1.807) is 43.0 Å². The Balaban J connectivity index is 1.36. The van der Waals surface area contributed by atoms with Gasteiger partial charge in [0.05, 0.1) is 17.9 Å². The molecule has 0 N–H and O–H groups in total. The first-order chi connectivity index (χ1) is 17.0. The molecule has 3 aromatic heterocycles. The molecule has 5 rings (SSSR count). The highest BCUT2D eigenvalue weighted by atomic mass is 19.1. The van der Waals surface area contributed by atoms with Crippen molar-refractivity contribution in [3.05, 3.63) is 103 Å². The summed E-state index contributed by atoms with van der Waals surface area (Å²) in [5, 5.41) is 4.31. The van der Waals surface area contributed by atoms with Crippen LogP contribution in [0.5, 0.6) is 0 Å². The zero-order valence-electron chi connectivity index (χ0n) is 19.0. The molecule has 3 heterocycles. The molecule has 1 atom stereocenters. The Morgan fingerprint density at radius 3 is 1.91 bits per heavy atom. The van der Waals surface area contributed by atoms with Gasteiger partial charge in [0.1, 0.15) is 24.2 Å². The van der Waals surface area contributed by atoms with Gasteiger partial charge < -0.3 is 8.83 Å². The lowest BCUT2D eigenvalue weighted by atomic mass is 10.2. The number of benzene rings is 2. The summed E-state index contributed by atoms with van der Waals surface area (Å²) in [7, 11) is 0. The number of aromatic nitrogens is 4. The Morgan fingerprint density at radius 1 is 0.857 bits per heavy atom. The van der Waals surface area contributed by atoms with Gasteiger partial charge in [-0.15, -0.1) is 0 Å². The number of rotatable bonds is 9. The van der Waals surface area contributed by atoms with Crippen LogP contribution in [0.25, 0.3) is 22.9 Å². The van der Waals surface area contributed by atoms with Crippen molar-refractivity contribution in [3.8, 4) is 22.9 Å². The molecule has 0 bridgehead atoms. The van der Waals surface area contributed by atoms with Crippen LogP contribution in [-0.2, 0) is 19.6 Å². The second kappa shape index (κ2) is 10.0. The predicted octanol–water partition coefficient (Wildman–Crippen LogP) is 5.56. The zero-order valence-corrected chi connectivity index (χ0v) is 19.0. The second-order valence-electron chi connectivity index (χ2n) is 8.29. The zero-order chi connectivity index (χ0) is 24.2. The average Bonchev–Trinajstić information content (AvgIpc) is 3.61. The minimum Gasteiger partial charge on any atom is -0.444 e. The highest BCUT2D eigenvalue weighted by molar-refractivity contribution is 5.53. The Labute approximate surface area is 200 Å². The number of halogens is 2. The van der Waals surface area contributed by atoms with Gasteiger partial charge in [0.2, 0.25) is 11.8 Å². The van der Waals surface area contributed by atoms with Crippen molar-refractivity contribution in [2.75, 3.05) is 0 Å². The first kappa shape index (κ1) is 22.7. The molecule has 0 saturated carbocycles. The van der Waals surface area contributed by atoms with Crippen molar-refractivity contribution in [1.82, 2.24) is 24.6 Å². The molecule has 0 radical (unpaired) electrons. The Bertz CT molecular complexity index is 1310. The van der Waals surface area contributed by atoms with E-state index in [0.717, 1.165) is 0 Å². The molecule has 2 aromatic carbocycles. The molecule has 0 aliphatic rings. The highest BCUT2D eigenvalue weighted by Crippen LogP contribution is 2.23. The number of nitrogens with zero attached hydrogens (tertiary/aromatic N) is 5. The molecule has 0 fully saturated rings. The molecule has 0 aliphatic heterocycles. The van der Waals surface area contributed by atoms with Crippen LogP contribution in [-0.4, -0.2) is 30.7 Å². The summed E-state index contributed by atoms with van der Waals surface area (Å²) in [4.78, 5) is 11.3. The van der Waals surface area contributed by atoms with E-state index in [9.17, 15) is 8.78 Å². The summed E-state index contributed by atoms with van der Waals surface area (Å²) in [5.74, 6) is 0.0109. The van der Waals surface area contributed by atoms with Gasteiger partial charge in [-0.2, -0.15) is 5.10 Å². The fraction of sp³-hybridized carbons (Fsp3) is 0.192. The van der Waals surface area contributed by atoms with Crippen LogP contribution in [0.2, 0.25) is 0 Å². The minimum atomic E-state index is -0.350. The van der Waals surface area contributed by atoms with Crippen LogP contribution in [0.3, 0.4) is 0 Å². The number of hydrogen-bond donors (Lipinski definition) is 0. The SMILES string of the molecule is C[C@H](Cn1cccn1)N(Cc1coc(-c2cccc(F)c2)n1)Cc1coc(-c2cccc(F)c2)n1. The van der Waals surface area contributed by atoms with Gasteiger partial charge in [-0.25, -0.2) is 18.7 Å². The third-order valence-corrected chi connectivity index (χ3v) is 5.61. The second-order valence-corrected chi connectivity index (χ2v) is 8.29. The summed E-state index contributed by atoms with van der Waals surface area (Å²) in [6.45, 7) is 3.66. The van der Waals surface area contributed by atoms with Crippen LogP contribution in [0.15, 0.2) is 88.4 Å². The molecule has 0 spiro atoms. The van der Waals surface area contributed by atoms with Crippen LogP contribution in [0.1, 0.15) is 18.3 Å². The molecule has 178 valence electrons. The summed E-state index contributed by atoms with van der Waals surface area (Å²) < 4.78 is 40.4. The van der Waals surface area contributed by atoms with E-state index in [2.05, 4.69) is 26.9 Å². The fourth-order valence-corrected chi connectivity index (χ4v) is 3.85. The molecular formula is C26H23F2N5O2. The fourth-order valence-electron chi connectivity index (χ4n) is 3.85. The van der Waals surface area contributed by atoms with Crippen molar-refractivity contribution in [3.63, 3.8) is 0 Å². The van der Waals surface area contributed by atoms with E-state index in [1.165, 1.54) is 24.3 Å². The van der Waals surface area contributed by atoms with Crippen molar-refractivity contribution in [2.24, 2.45) is 0 Å². The Morgan fingerprint density at radius 2 is 1.43 bits per heavy atom. The van der Waals surface area contributed by atoms with Crippen molar-refractivity contribution in [1.29, 1.82) is 0 Å². The Hall–Kier alpha value is -4.11. The van der Waals surface area contributed by atoms with Crippen LogP contribution < -0.4 is 0 Å². The van der Waals surface area contributed by atoms with Gasteiger partial charge in [0.15, 0.2) is 0 Å². The van der Waals surface area contributed by atoms with Crippen LogP contribution in [0, 0.1) is 11.6 Å². The van der Waals surface area contributed by atoms with Gasteiger partial charge in [-0.1, -0.05) is 12.1 Å². The molecule has 0 saturated heterocycles. The molecule has 0 unspecified atom stereocenters. The van der Waals surface area contributed by atoms with E-state index in [-0.39, 0.29) is 17.7 Å². The quantitative estimate of drug-likeness (QED) is 0.278. The van der Waals surface area contributed by atoms with Gasteiger partial charge in [0.25, 0.3) is 0 Å². The summed E-state index contributed by atoms with van der Waals surface area (Å²) in [6, 6.07) is 14.2. The van der Waals surface area contributed by atoms with Crippen molar-refractivity contribution >= 4 is 0 Å². The summed E-state index contributed by atoms with van der Waals surface area (Å²) >= 11 is 0. The molecule has 0 aliphatic carbocycles. The monoisotopic (exact) mass is 475 g/mol. The average molecular weight is 475 g/mol. The summed E-state index contributed by atoms with van der Waals surface area (Å²) in [5.41, 5.74) is 2.54. The standard InChI is InChI=1S/C26H23F2N5O2/c1-18(13-33-10-4-9-29-33)32(14-23-16-34-25(30-23)19-5-2-7-21(27)11-19)15-24-17-35-26(31-24)20-6-3-8-22(28)12-20/h2-12,16-18H,13-15H2,1H3/t18-/m1/s1. The number of oxazole rings is 2. The van der Waals surface area contributed by atoms with Crippen LogP contribution in [0.4, 0.5) is 8.78 Å². The third kappa shape index (κ3) is 5.52. The molecule has 0 amide bonds. The van der Waals surface area contributed by atoms with Crippen LogP contribution >= 0.6 is 0 Å². The van der Waals surface area contributed by atoms with Gasteiger partial charge >= 0.3 is 0 Å². The largest absolute Gasteiger partial charge is 0.444 e. The smallest absolute Gasteiger partial charge is 0.226 e. The van der Waals surface area contributed by atoms with Gasteiger partial charge in [-0.05, 0) is 49.4 Å². The molecule has 35 heavy (non-hydrogen) atoms. The van der Waals surface area contributed by atoms with E-state index >= 15 is 0 Å². The maximum absolute atomic E-state index is 13.6. The molecule has 7 nitrogen and oxygen atoms in total. The Kier molecular flexibility index (Phi) is 6.49. The van der Waals surface area contributed by atoms with E-state index in [0.29, 0.717) is 53.9 Å². The van der Waals surface area contributed by atoms with Gasteiger partial charge in [0, 0.05) is 42.7 Å². The van der Waals surface area contributed by atoms with Crippen molar-refractivity contribution < 1.29 is 17.6 Å². The summed E-state index contributed by atoms with van der Waals surface area (Å²) in [6.07, 6.45) is 6.80. The lowest BCUT2D eigenvalue weighted by molar-refractivity contribution is 0.165. The van der Waals surface area contributed by atoms with E-state index in [4.69, 9.17) is 8.83 Å². The molecular weight excluding hydrogens is 452 g/mol. The van der Waals surface area contributed by atoms with Crippen molar-refractivity contribution in [2.45, 2.75) is 32.6 Å². The third-order valence-electron chi connectivity index (χ3n) is 5.61. The topological polar surface area (TPSA) is 73.1 Å². The minimum absolute atomic E-state index is 0.0542. The van der Waals surface area contributed by atoms with Gasteiger partial charge in [-0.3, -0.25) is 9.58 Å². The highest BCUT2D eigenvalue weighted by Gasteiger charge is 2.20. The van der Waals surface area contributed by atoms with E-state index in [1.807, 2.05) is 16.9 Å². The maximum Gasteiger partial charge on any atom is 0.226 e. The predicted molar refractivity (Wildman–Crippen MR) is 125 cm³/mol.